The lowest BCUT2D eigenvalue weighted by atomic mass is 10.1. The third kappa shape index (κ3) is 2.63. The smallest absolute Gasteiger partial charge is 0.161 e. The van der Waals surface area contributed by atoms with Crippen LogP contribution < -0.4 is 10.1 Å². The Morgan fingerprint density at radius 1 is 1.33 bits per heavy atom. The number of phenols is 1. The lowest BCUT2D eigenvalue weighted by Gasteiger charge is -2.11. The number of anilines is 1. The molecule has 0 spiro atoms. The molecular formula is C15H17N3O2S. The van der Waals surface area contributed by atoms with E-state index >= 15 is 0 Å². The van der Waals surface area contributed by atoms with E-state index in [1.54, 1.807) is 18.2 Å². The van der Waals surface area contributed by atoms with E-state index in [0.717, 1.165) is 28.6 Å². The van der Waals surface area contributed by atoms with E-state index in [0.29, 0.717) is 18.2 Å². The minimum atomic E-state index is 0.131. The Kier molecular flexibility index (Phi) is 3.88. The SMILES string of the molecule is CCOc1cc(-c2nc3c(c(NC)n2)CSC3)ccc1O. The first-order valence-electron chi connectivity index (χ1n) is 6.84. The Morgan fingerprint density at radius 3 is 2.95 bits per heavy atom. The van der Waals surface area contributed by atoms with Gasteiger partial charge in [-0.05, 0) is 25.1 Å². The molecule has 2 aromatic rings. The second-order valence-corrected chi connectivity index (χ2v) is 5.66. The van der Waals surface area contributed by atoms with Gasteiger partial charge in [-0.2, -0.15) is 11.8 Å². The van der Waals surface area contributed by atoms with Gasteiger partial charge in [0.05, 0.1) is 12.3 Å². The summed E-state index contributed by atoms with van der Waals surface area (Å²) in [6, 6.07) is 5.20. The van der Waals surface area contributed by atoms with Crippen molar-refractivity contribution in [2.24, 2.45) is 0 Å². The minimum Gasteiger partial charge on any atom is -0.504 e. The van der Waals surface area contributed by atoms with Gasteiger partial charge in [0.1, 0.15) is 5.82 Å². The number of aromatic hydroxyl groups is 1. The maximum absolute atomic E-state index is 9.79. The maximum Gasteiger partial charge on any atom is 0.161 e. The van der Waals surface area contributed by atoms with Crippen molar-refractivity contribution in [3.05, 3.63) is 29.5 Å². The lowest BCUT2D eigenvalue weighted by Crippen LogP contribution is -2.03. The number of nitrogens with zero attached hydrogens (tertiary/aromatic N) is 2. The zero-order chi connectivity index (χ0) is 14.8. The number of phenolic OH excluding ortho intramolecular Hbond substituents is 1. The number of hydrogen-bond donors (Lipinski definition) is 2. The number of nitrogens with one attached hydrogen (secondary N) is 1. The van der Waals surface area contributed by atoms with Crippen LogP contribution in [0.15, 0.2) is 18.2 Å². The van der Waals surface area contributed by atoms with Crippen LogP contribution in [0, 0.1) is 0 Å². The Morgan fingerprint density at radius 2 is 2.19 bits per heavy atom. The van der Waals surface area contributed by atoms with Gasteiger partial charge < -0.3 is 15.2 Å². The molecule has 1 aliphatic rings. The lowest BCUT2D eigenvalue weighted by molar-refractivity contribution is 0.318. The van der Waals surface area contributed by atoms with E-state index in [9.17, 15) is 5.11 Å². The van der Waals surface area contributed by atoms with Crippen LogP contribution >= 0.6 is 11.8 Å². The normalized spacial score (nSPS) is 13.0. The molecule has 1 aromatic carbocycles. The van der Waals surface area contributed by atoms with E-state index in [1.165, 1.54) is 5.56 Å². The average Bonchev–Trinajstić information content (AvgIpc) is 2.97. The Hall–Kier alpha value is -1.95. The van der Waals surface area contributed by atoms with Crippen LogP contribution in [-0.2, 0) is 11.5 Å². The predicted octanol–water partition coefficient (Wildman–Crippen LogP) is 3.04. The average molecular weight is 303 g/mol. The standard InChI is InChI=1S/C15H17N3O2S/c1-3-20-13-6-9(4-5-12(13)19)14-17-11-8-21-7-10(11)15(16-2)18-14/h4-6,19H,3,7-8H2,1-2H3,(H,16,17,18). The molecule has 110 valence electrons. The monoisotopic (exact) mass is 303 g/mol. The summed E-state index contributed by atoms with van der Waals surface area (Å²) < 4.78 is 5.42. The summed E-state index contributed by atoms with van der Waals surface area (Å²) in [5, 5.41) is 12.9. The molecule has 3 rings (SSSR count). The highest BCUT2D eigenvalue weighted by Crippen LogP contribution is 2.36. The fourth-order valence-corrected chi connectivity index (χ4v) is 3.35. The molecule has 0 atom stereocenters. The summed E-state index contributed by atoms with van der Waals surface area (Å²) in [6.45, 7) is 2.38. The second kappa shape index (κ2) is 5.81. The topological polar surface area (TPSA) is 67.3 Å². The van der Waals surface area contributed by atoms with E-state index in [2.05, 4.69) is 15.3 Å². The van der Waals surface area contributed by atoms with Crippen molar-refractivity contribution in [3.63, 3.8) is 0 Å². The van der Waals surface area contributed by atoms with E-state index in [-0.39, 0.29) is 5.75 Å². The summed E-state index contributed by atoms with van der Waals surface area (Å²) in [5.41, 5.74) is 3.11. The summed E-state index contributed by atoms with van der Waals surface area (Å²) in [6.07, 6.45) is 0. The van der Waals surface area contributed by atoms with Crippen LogP contribution in [0.1, 0.15) is 18.2 Å². The fraction of sp³-hybridized carbons (Fsp3) is 0.333. The Labute approximate surface area is 127 Å². The second-order valence-electron chi connectivity index (χ2n) is 4.68. The van der Waals surface area contributed by atoms with Crippen molar-refractivity contribution in [1.82, 2.24) is 9.97 Å². The molecular weight excluding hydrogens is 286 g/mol. The van der Waals surface area contributed by atoms with E-state index in [1.807, 2.05) is 25.7 Å². The highest BCUT2D eigenvalue weighted by atomic mass is 32.2. The third-order valence-corrected chi connectivity index (χ3v) is 4.30. The number of hydrogen-bond acceptors (Lipinski definition) is 6. The quantitative estimate of drug-likeness (QED) is 0.905. The number of benzene rings is 1. The van der Waals surface area contributed by atoms with Crippen LogP contribution in [-0.4, -0.2) is 28.7 Å². The molecule has 0 radical (unpaired) electrons. The van der Waals surface area contributed by atoms with Crippen LogP contribution in [0.2, 0.25) is 0 Å². The van der Waals surface area contributed by atoms with Crippen LogP contribution in [0.5, 0.6) is 11.5 Å². The van der Waals surface area contributed by atoms with Gasteiger partial charge in [0, 0.05) is 29.7 Å². The summed E-state index contributed by atoms with van der Waals surface area (Å²) in [7, 11) is 1.87. The summed E-state index contributed by atoms with van der Waals surface area (Å²) in [4.78, 5) is 9.25. The van der Waals surface area contributed by atoms with Crippen molar-refractivity contribution >= 4 is 17.6 Å². The number of ether oxygens (including phenoxy) is 1. The van der Waals surface area contributed by atoms with Crippen molar-refractivity contribution in [2.75, 3.05) is 19.0 Å². The first-order chi connectivity index (χ1) is 10.2. The van der Waals surface area contributed by atoms with Gasteiger partial charge in [-0.1, -0.05) is 0 Å². The number of fused-ring (bicyclic) bond motifs is 1. The zero-order valence-corrected chi connectivity index (χ0v) is 12.8. The zero-order valence-electron chi connectivity index (χ0n) is 12.0. The molecule has 0 aliphatic carbocycles. The number of rotatable bonds is 4. The molecule has 1 aromatic heterocycles. The van der Waals surface area contributed by atoms with Gasteiger partial charge in [-0.15, -0.1) is 0 Å². The fourth-order valence-electron chi connectivity index (χ4n) is 2.31. The van der Waals surface area contributed by atoms with Gasteiger partial charge in [-0.3, -0.25) is 0 Å². The van der Waals surface area contributed by atoms with Crippen molar-refractivity contribution in [3.8, 4) is 22.9 Å². The Balaban J connectivity index is 2.06. The van der Waals surface area contributed by atoms with E-state index in [4.69, 9.17) is 4.74 Å². The molecule has 2 heterocycles. The highest BCUT2D eigenvalue weighted by molar-refractivity contribution is 7.98. The van der Waals surface area contributed by atoms with E-state index < -0.39 is 0 Å². The molecule has 0 amide bonds. The molecule has 0 fully saturated rings. The van der Waals surface area contributed by atoms with Gasteiger partial charge in [-0.25, -0.2) is 9.97 Å². The first kappa shape index (κ1) is 14.0. The van der Waals surface area contributed by atoms with Gasteiger partial charge in [0.25, 0.3) is 0 Å². The Bertz CT molecular complexity index is 676. The largest absolute Gasteiger partial charge is 0.504 e. The molecule has 2 N–H and O–H groups in total. The van der Waals surface area contributed by atoms with Crippen molar-refractivity contribution in [1.29, 1.82) is 0 Å². The summed E-state index contributed by atoms with van der Waals surface area (Å²) in [5.74, 6) is 3.99. The van der Waals surface area contributed by atoms with Crippen molar-refractivity contribution in [2.45, 2.75) is 18.4 Å². The number of aromatic nitrogens is 2. The molecule has 0 unspecified atom stereocenters. The molecule has 0 saturated carbocycles. The highest BCUT2D eigenvalue weighted by Gasteiger charge is 2.20. The van der Waals surface area contributed by atoms with Crippen LogP contribution in [0.4, 0.5) is 5.82 Å². The van der Waals surface area contributed by atoms with Crippen LogP contribution in [0.25, 0.3) is 11.4 Å². The van der Waals surface area contributed by atoms with Crippen molar-refractivity contribution < 1.29 is 9.84 Å². The van der Waals surface area contributed by atoms with Gasteiger partial charge in [0.2, 0.25) is 0 Å². The molecule has 6 heteroatoms. The van der Waals surface area contributed by atoms with Crippen LogP contribution in [0.3, 0.4) is 0 Å². The summed E-state index contributed by atoms with van der Waals surface area (Å²) >= 11 is 1.84. The predicted molar refractivity (Wildman–Crippen MR) is 84.8 cm³/mol. The molecule has 0 bridgehead atoms. The molecule has 1 aliphatic heterocycles. The first-order valence-corrected chi connectivity index (χ1v) is 8.00. The van der Waals surface area contributed by atoms with Gasteiger partial charge in [0.15, 0.2) is 17.3 Å². The molecule has 21 heavy (non-hydrogen) atoms. The minimum absolute atomic E-state index is 0.131. The van der Waals surface area contributed by atoms with Gasteiger partial charge >= 0.3 is 0 Å². The third-order valence-electron chi connectivity index (χ3n) is 3.33. The molecule has 0 saturated heterocycles. The molecule has 5 nitrogen and oxygen atoms in total. The number of thioether (sulfide) groups is 1. The maximum atomic E-state index is 9.79.